The third-order valence-corrected chi connectivity index (χ3v) is 3.40. The van der Waals surface area contributed by atoms with Crippen molar-refractivity contribution in [2.75, 3.05) is 7.11 Å². The van der Waals surface area contributed by atoms with Crippen molar-refractivity contribution >= 4 is 17.5 Å². The third-order valence-electron chi connectivity index (χ3n) is 3.40. The zero-order valence-corrected chi connectivity index (χ0v) is 12.0. The van der Waals surface area contributed by atoms with Crippen LogP contribution in [0.25, 0.3) is 0 Å². The van der Waals surface area contributed by atoms with E-state index in [1.807, 2.05) is 27.7 Å². The van der Waals surface area contributed by atoms with Crippen LogP contribution in [0.4, 0.5) is 0 Å². The quantitative estimate of drug-likeness (QED) is 0.494. The van der Waals surface area contributed by atoms with E-state index < -0.39 is 17.3 Å². The third kappa shape index (κ3) is 4.59. The Labute approximate surface area is 109 Å². The Morgan fingerprint density at radius 1 is 1.17 bits per heavy atom. The molecule has 18 heavy (non-hydrogen) atoms. The molecule has 1 atom stereocenters. The SMILES string of the molecule is CCCC(=O)C(CC(=O)C(C)(C)CC)C(=O)OC. The Kier molecular flexibility index (Phi) is 6.81. The van der Waals surface area contributed by atoms with Gasteiger partial charge in [0.2, 0.25) is 0 Å². The summed E-state index contributed by atoms with van der Waals surface area (Å²) >= 11 is 0. The van der Waals surface area contributed by atoms with Crippen molar-refractivity contribution in [3.05, 3.63) is 0 Å². The number of ketones is 2. The second-order valence-electron chi connectivity index (χ2n) is 5.16. The summed E-state index contributed by atoms with van der Waals surface area (Å²) in [6, 6.07) is 0. The Hall–Kier alpha value is -1.19. The van der Waals surface area contributed by atoms with Crippen molar-refractivity contribution in [3.63, 3.8) is 0 Å². The average Bonchev–Trinajstić information content (AvgIpc) is 2.34. The van der Waals surface area contributed by atoms with Gasteiger partial charge in [-0.05, 0) is 12.8 Å². The fourth-order valence-electron chi connectivity index (χ4n) is 1.55. The van der Waals surface area contributed by atoms with Crippen LogP contribution in [0.2, 0.25) is 0 Å². The van der Waals surface area contributed by atoms with Crippen LogP contribution in [-0.4, -0.2) is 24.6 Å². The summed E-state index contributed by atoms with van der Waals surface area (Å²) in [5, 5.41) is 0. The lowest BCUT2D eigenvalue weighted by Gasteiger charge is -2.23. The molecule has 0 bridgehead atoms. The number of hydrogen-bond acceptors (Lipinski definition) is 4. The van der Waals surface area contributed by atoms with Crippen molar-refractivity contribution in [1.29, 1.82) is 0 Å². The minimum absolute atomic E-state index is 0.0493. The largest absolute Gasteiger partial charge is 0.468 e. The van der Waals surface area contributed by atoms with Gasteiger partial charge in [0.15, 0.2) is 0 Å². The van der Waals surface area contributed by atoms with Crippen molar-refractivity contribution in [1.82, 2.24) is 0 Å². The number of ether oxygens (including phenoxy) is 1. The molecule has 0 rings (SSSR count). The fraction of sp³-hybridized carbons (Fsp3) is 0.786. The van der Waals surface area contributed by atoms with Gasteiger partial charge >= 0.3 is 5.97 Å². The molecule has 4 heteroatoms. The van der Waals surface area contributed by atoms with Crippen molar-refractivity contribution in [2.45, 2.75) is 53.4 Å². The molecular formula is C14H24O4. The molecule has 0 aromatic heterocycles. The van der Waals surface area contributed by atoms with Gasteiger partial charge < -0.3 is 4.74 Å². The Balaban J connectivity index is 4.86. The van der Waals surface area contributed by atoms with Gasteiger partial charge in [-0.3, -0.25) is 14.4 Å². The Bertz CT molecular complexity index is 318. The van der Waals surface area contributed by atoms with Crippen LogP contribution in [0, 0.1) is 11.3 Å². The van der Waals surface area contributed by atoms with Gasteiger partial charge in [0.1, 0.15) is 17.5 Å². The number of Topliss-reactive ketones (excluding diaryl/α,β-unsaturated/α-hetero) is 2. The minimum Gasteiger partial charge on any atom is -0.468 e. The smallest absolute Gasteiger partial charge is 0.316 e. The van der Waals surface area contributed by atoms with Crippen molar-refractivity contribution in [2.24, 2.45) is 11.3 Å². The van der Waals surface area contributed by atoms with E-state index in [0.717, 1.165) is 0 Å². The van der Waals surface area contributed by atoms with Gasteiger partial charge in [-0.2, -0.15) is 0 Å². The predicted octanol–water partition coefficient (Wildman–Crippen LogP) is 2.54. The topological polar surface area (TPSA) is 60.4 Å². The van der Waals surface area contributed by atoms with Gasteiger partial charge in [0.05, 0.1) is 7.11 Å². The number of carbonyl (C=O) groups is 3. The zero-order chi connectivity index (χ0) is 14.3. The molecule has 0 radical (unpaired) electrons. The summed E-state index contributed by atoms with van der Waals surface area (Å²) < 4.78 is 4.62. The van der Waals surface area contributed by atoms with Gasteiger partial charge in [-0.1, -0.05) is 27.7 Å². The molecule has 1 unspecified atom stereocenters. The van der Waals surface area contributed by atoms with E-state index >= 15 is 0 Å². The van der Waals surface area contributed by atoms with E-state index in [0.29, 0.717) is 19.3 Å². The summed E-state index contributed by atoms with van der Waals surface area (Å²) in [6.45, 7) is 7.44. The molecule has 0 heterocycles. The van der Waals surface area contributed by atoms with E-state index in [1.165, 1.54) is 7.11 Å². The summed E-state index contributed by atoms with van der Waals surface area (Å²) in [4.78, 5) is 35.5. The van der Waals surface area contributed by atoms with E-state index in [4.69, 9.17) is 0 Å². The van der Waals surface area contributed by atoms with Crippen LogP contribution in [0.1, 0.15) is 53.4 Å². The Morgan fingerprint density at radius 3 is 2.11 bits per heavy atom. The summed E-state index contributed by atoms with van der Waals surface area (Å²) in [7, 11) is 1.24. The minimum atomic E-state index is -0.937. The Morgan fingerprint density at radius 2 is 1.72 bits per heavy atom. The number of rotatable bonds is 8. The second-order valence-corrected chi connectivity index (χ2v) is 5.16. The van der Waals surface area contributed by atoms with Gasteiger partial charge in [-0.25, -0.2) is 0 Å². The van der Waals surface area contributed by atoms with E-state index in [9.17, 15) is 14.4 Å². The number of esters is 1. The molecule has 0 aromatic rings. The van der Waals surface area contributed by atoms with Gasteiger partial charge in [-0.15, -0.1) is 0 Å². The van der Waals surface area contributed by atoms with E-state index in [2.05, 4.69) is 4.74 Å². The average molecular weight is 256 g/mol. The molecule has 4 nitrogen and oxygen atoms in total. The summed E-state index contributed by atoms with van der Waals surface area (Å²) in [5.74, 6) is -1.81. The molecule has 0 amide bonds. The van der Waals surface area contributed by atoms with Crippen LogP contribution in [0.3, 0.4) is 0 Å². The molecular weight excluding hydrogens is 232 g/mol. The molecule has 0 spiro atoms. The predicted molar refractivity (Wildman–Crippen MR) is 69.1 cm³/mol. The first-order chi connectivity index (χ1) is 8.30. The summed E-state index contributed by atoms with van der Waals surface area (Å²) in [5.41, 5.74) is -0.501. The number of methoxy groups -OCH3 is 1. The van der Waals surface area contributed by atoms with E-state index in [-0.39, 0.29) is 18.0 Å². The number of hydrogen-bond donors (Lipinski definition) is 0. The molecule has 0 aliphatic heterocycles. The highest BCUT2D eigenvalue weighted by molar-refractivity contribution is 6.03. The lowest BCUT2D eigenvalue weighted by Crippen LogP contribution is -2.33. The normalized spacial score (nSPS) is 12.9. The molecule has 0 N–H and O–H groups in total. The molecule has 0 aromatic carbocycles. The van der Waals surface area contributed by atoms with Crippen LogP contribution in [-0.2, 0) is 19.1 Å². The molecule has 0 saturated carbocycles. The van der Waals surface area contributed by atoms with Crippen LogP contribution in [0.5, 0.6) is 0 Å². The van der Waals surface area contributed by atoms with Gasteiger partial charge in [0.25, 0.3) is 0 Å². The van der Waals surface area contributed by atoms with Crippen LogP contribution in [0.15, 0.2) is 0 Å². The first-order valence-corrected chi connectivity index (χ1v) is 6.44. The monoisotopic (exact) mass is 256 g/mol. The fourth-order valence-corrected chi connectivity index (χ4v) is 1.55. The highest BCUT2D eigenvalue weighted by atomic mass is 16.5. The van der Waals surface area contributed by atoms with Crippen molar-refractivity contribution in [3.8, 4) is 0 Å². The lowest BCUT2D eigenvalue weighted by atomic mass is 9.80. The van der Waals surface area contributed by atoms with Crippen molar-refractivity contribution < 1.29 is 19.1 Å². The second kappa shape index (κ2) is 7.29. The molecule has 0 aliphatic rings. The van der Waals surface area contributed by atoms with Crippen LogP contribution < -0.4 is 0 Å². The molecule has 104 valence electrons. The molecule has 0 fully saturated rings. The highest BCUT2D eigenvalue weighted by Crippen LogP contribution is 2.26. The van der Waals surface area contributed by atoms with Gasteiger partial charge in [0, 0.05) is 18.3 Å². The maximum Gasteiger partial charge on any atom is 0.316 e. The number of carbonyl (C=O) groups excluding carboxylic acids is 3. The van der Waals surface area contributed by atoms with Crippen LogP contribution >= 0.6 is 0 Å². The zero-order valence-electron chi connectivity index (χ0n) is 12.0. The lowest BCUT2D eigenvalue weighted by molar-refractivity contribution is -0.152. The maximum atomic E-state index is 12.1. The standard InChI is InChI=1S/C14H24O4/c1-6-8-11(15)10(13(17)18-5)9-12(16)14(3,4)7-2/h10H,6-9H2,1-5H3. The first kappa shape index (κ1) is 16.8. The highest BCUT2D eigenvalue weighted by Gasteiger charge is 2.34. The van der Waals surface area contributed by atoms with E-state index in [1.54, 1.807) is 0 Å². The first-order valence-electron chi connectivity index (χ1n) is 6.44. The summed E-state index contributed by atoms with van der Waals surface area (Å²) in [6.07, 6.45) is 1.60. The molecule has 0 saturated heterocycles. The maximum absolute atomic E-state index is 12.1. The molecule has 0 aliphatic carbocycles.